The average molecular weight is 562 g/mol. The maximum absolute atomic E-state index is 13.2. The Hall–Kier alpha value is -4.65. The van der Waals surface area contributed by atoms with Crippen LogP contribution in [0, 0.1) is 0 Å². The van der Waals surface area contributed by atoms with Gasteiger partial charge in [-0.3, -0.25) is 4.90 Å². The number of sulfonamides is 1. The van der Waals surface area contributed by atoms with Gasteiger partial charge < -0.3 is 25.4 Å². The second-order valence-corrected chi connectivity index (χ2v) is 10.9. The molecule has 12 heteroatoms. The van der Waals surface area contributed by atoms with Gasteiger partial charge in [-0.2, -0.15) is 0 Å². The van der Waals surface area contributed by atoms with Crippen molar-refractivity contribution in [1.82, 2.24) is 0 Å². The van der Waals surface area contributed by atoms with Crippen molar-refractivity contribution in [3.63, 3.8) is 0 Å². The molecule has 1 spiro atoms. The van der Waals surface area contributed by atoms with Crippen LogP contribution in [0.4, 0.5) is 11.4 Å². The molecule has 6 N–H and O–H groups in total. The quantitative estimate of drug-likeness (QED) is 0.214. The Labute approximate surface area is 227 Å². The standard InChI is InChI=1S/C27H19N3O7S2/c28-26(38)30(14-4-3-5-17(10-14)39(29,34)35)21-11-16(32)13-23-24(21)27(20-9-8-15(31)12-22(20)36-23)19-7-2-1-6-18(19)25(33)37-27/h1-13,31-32H,(H2,28,38)(H2,29,34,35). The van der Waals surface area contributed by atoms with Gasteiger partial charge in [-0.25, -0.2) is 18.4 Å². The molecule has 4 aromatic rings. The molecule has 0 fully saturated rings. The Bertz CT molecular complexity index is 1840. The largest absolute Gasteiger partial charge is 0.508 e. The van der Waals surface area contributed by atoms with E-state index in [0.717, 1.165) is 0 Å². The van der Waals surface area contributed by atoms with E-state index in [1.165, 1.54) is 47.4 Å². The highest BCUT2D eigenvalue weighted by atomic mass is 32.2. The van der Waals surface area contributed by atoms with E-state index in [1.54, 1.807) is 36.4 Å². The Morgan fingerprint density at radius 1 is 0.897 bits per heavy atom. The number of carbonyl (C=O) groups excluding carboxylic acids is 1. The lowest BCUT2D eigenvalue weighted by atomic mass is 9.76. The predicted molar refractivity (Wildman–Crippen MR) is 145 cm³/mol. The van der Waals surface area contributed by atoms with E-state index in [4.69, 9.17) is 32.6 Å². The fraction of sp³-hybridized carbons (Fsp3) is 0.0370. The first-order valence-corrected chi connectivity index (χ1v) is 13.4. The number of nitrogens with zero attached hydrogens (tertiary/aromatic N) is 1. The highest BCUT2D eigenvalue weighted by Gasteiger charge is 2.55. The van der Waals surface area contributed by atoms with Crippen LogP contribution in [-0.4, -0.2) is 29.7 Å². The van der Waals surface area contributed by atoms with E-state index in [-0.39, 0.29) is 49.9 Å². The molecule has 39 heavy (non-hydrogen) atoms. The Morgan fingerprint density at radius 2 is 1.64 bits per heavy atom. The summed E-state index contributed by atoms with van der Waals surface area (Å²) in [6.45, 7) is 0. The topological polar surface area (TPSA) is 165 Å². The Morgan fingerprint density at radius 3 is 2.38 bits per heavy atom. The van der Waals surface area contributed by atoms with Crippen LogP contribution in [0.15, 0.2) is 83.8 Å². The second-order valence-electron chi connectivity index (χ2n) is 8.95. The number of rotatable bonds is 3. The zero-order chi connectivity index (χ0) is 27.7. The number of aromatic hydroxyl groups is 2. The summed E-state index contributed by atoms with van der Waals surface area (Å²) >= 11 is 5.38. The lowest BCUT2D eigenvalue weighted by Crippen LogP contribution is -2.38. The SMILES string of the molecule is NC(=S)N(c1cccc(S(N)(=O)=O)c1)c1cc(O)cc2c1C1(OC(=O)c3ccccc31)c1ccc(O)cc1O2. The zero-order valence-electron chi connectivity index (χ0n) is 19.9. The molecule has 2 aliphatic heterocycles. The molecule has 2 heterocycles. The molecule has 0 amide bonds. The fourth-order valence-electron chi connectivity index (χ4n) is 5.12. The number of fused-ring (bicyclic) bond motifs is 6. The molecule has 0 radical (unpaired) electrons. The third-order valence-corrected chi connectivity index (χ3v) is 7.71. The molecule has 0 aromatic heterocycles. The molecule has 2 aliphatic rings. The summed E-state index contributed by atoms with van der Waals surface area (Å²) in [4.78, 5) is 14.4. The number of thiocarbonyl (C=S) groups is 1. The minimum atomic E-state index is -4.08. The molecule has 0 bridgehead atoms. The number of anilines is 2. The summed E-state index contributed by atoms with van der Waals surface area (Å²) < 4.78 is 36.5. The zero-order valence-corrected chi connectivity index (χ0v) is 21.5. The van der Waals surface area contributed by atoms with Gasteiger partial charge in [0.05, 0.1) is 21.7 Å². The number of benzene rings is 4. The van der Waals surface area contributed by atoms with Gasteiger partial charge in [0.25, 0.3) is 0 Å². The van der Waals surface area contributed by atoms with Crippen LogP contribution in [0.1, 0.15) is 27.0 Å². The van der Waals surface area contributed by atoms with Crippen molar-refractivity contribution in [3.8, 4) is 23.0 Å². The van der Waals surface area contributed by atoms with Crippen molar-refractivity contribution in [2.24, 2.45) is 10.9 Å². The minimum absolute atomic E-state index is 0.0880. The molecule has 4 aromatic carbocycles. The highest BCUT2D eigenvalue weighted by Crippen LogP contribution is 2.60. The molecule has 0 aliphatic carbocycles. The van der Waals surface area contributed by atoms with Crippen LogP contribution in [0.5, 0.6) is 23.0 Å². The maximum Gasteiger partial charge on any atom is 0.340 e. The van der Waals surface area contributed by atoms with Crippen LogP contribution in [0.3, 0.4) is 0 Å². The number of carbonyl (C=O) groups is 1. The van der Waals surface area contributed by atoms with Gasteiger partial charge in [0, 0.05) is 35.0 Å². The van der Waals surface area contributed by atoms with Gasteiger partial charge in [-0.15, -0.1) is 0 Å². The van der Waals surface area contributed by atoms with Gasteiger partial charge in [0.15, 0.2) is 10.7 Å². The Kier molecular flexibility index (Phi) is 5.33. The van der Waals surface area contributed by atoms with E-state index >= 15 is 0 Å². The van der Waals surface area contributed by atoms with E-state index in [1.807, 2.05) is 0 Å². The number of ether oxygens (including phenoxy) is 2. The summed E-state index contributed by atoms with van der Waals surface area (Å²) in [6, 6.07) is 19.5. The lowest BCUT2D eigenvalue weighted by molar-refractivity contribution is 0.0226. The highest BCUT2D eigenvalue weighted by molar-refractivity contribution is 7.89. The van der Waals surface area contributed by atoms with Crippen LogP contribution in [0.25, 0.3) is 0 Å². The van der Waals surface area contributed by atoms with Gasteiger partial charge in [0.2, 0.25) is 10.0 Å². The van der Waals surface area contributed by atoms with E-state index < -0.39 is 21.6 Å². The summed E-state index contributed by atoms with van der Waals surface area (Å²) in [5.41, 5.74) is 6.41. The molecule has 10 nitrogen and oxygen atoms in total. The van der Waals surface area contributed by atoms with Crippen LogP contribution in [-0.2, 0) is 20.4 Å². The van der Waals surface area contributed by atoms with E-state index in [9.17, 15) is 23.4 Å². The number of primary sulfonamides is 1. The van der Waals surface area contributed by atoms with E-state index in [2.05, 4.69) is 0 Å². The van der Waals surface area contributed by atoms with Crippen molar-refractivity contribution >= 4 is 44.7 Å². The molecular weight excluding hydrogens is 542 g/mol. The minimum Gasteiger partial charge on any atom is -0.508 e. The summed E-state index contributed by atoms with van der Waals surface area (Å²) in [5.74, 6) is -0.647. The fourth-order valence-corrected chi connectivity index (χ4v) is 5.88. The summed E-state index contributed by atoms with van der Waals surface area (Å²) in [7, 11) is -4.08. The first-order valence-electron chi connectivity index (χ1n) is 11.4. The number of phenols is 2. The molecule has 6 rings (SSSR count). The van der Waals surface area contributed by atoms with Crippen LogP contribution < -0.4 is 20.5 Å². The maximum atomic E-state index is 13.2. The van der Waals surface area contributed by atoms with Crippen molar-refractivity contribution in [3.05, 3.63) is 101 Å². The number of hydrogen-bond acceptors (Lipinski definition) is 8. The number of hydrogen-bond donors (Lipinski definition) is 4. The molecule has 196 valence electrons. The van der Waals surface area contributed by atoms with Crippen LogP contribution >= 0.6 is 12.2 Å². The predicted octanol–water partition coefficient (Wildman–Crippen LogP) is 3.69. The third kappa shape index (κ3) is 3.68. The van der Waals surface area contributed by atoms with Gasteiger partial charge >= 0.3 is 5.97 Å². The summed E-state index contributed by atoms with van der Waals surface area (Å²) in [6.07, 6.45) is 0. The van der Waals surface area contributed by atoms with Gasteiger partial charge in [-0.05, 0) is 48.6 Å². The number of esters is 1. The normalized spacial score (nSPS) is 17.0. The number of nitrogens with two attached hydrogens (primary N) is 2. The second kappa shape index (κ2) is 8.43. The van der Waals surface area contributed by atoms with E-state index in [0.29, 0.717) is 16.7 Å². The molecule has 1 unspecified atom stereocenters. The molecular formula is C27H19N3O7S2. The average Bonchev–Trinajstić information content (AvgIpc) is 3.16. The first-order chi connectivity index (χ1) is 18.5. The first kappa shape index (κ1) is 24.7. The lowest BCUT2D eigenvalue weighted by Gasteiger charge is -2.39. The summed E-state index contributed by atoms with van der Waals surface area (Å²) in [5, 5.41) is 26.1. The molecule has 0 saturated heterocycles. The van der Waals surface area contributed by atoms with Crippen LogP contribution in [0.2, 0.25) is 0 Å². The molecule has 0 saturated carbocycles. The van der Waals surface area contributed by atoms with Crippen molar-refractivity contribution in [1.29, 1.82) is 0 Å². The smallest absolute Gasteiger partial charge is 0.340 e. The Balaban J connectivity index is 1.72. The van der Waals surface area contributed by atoms with Crippen molar-refractivity contribution in [2.45, 2.75) is 10.5 Å². The van der Waals surface area contributed by atoms with Crippen molar-refractivity contribution < 1.29 is 32.9 Å². The van der Waals surface area contributed by atoms with Gasteiger partial charge in [0.1, 0.15) is 23.0 Å². The third-order valence-electron chi connectivity index (χ3n) is 6.62. The van der Waals surface area contributed by atoms with Gasteiger partial charge in [-0.1, -0.05) is 24.3 Å². The van der Waals surface area contributed by atoms with Crippen molar-refractivity contribution in [2.75, 3.05) is 4.90 Å². The monoisotopic (exact) mass is 561 g/mol. The number of phenolic OH excluding ortho intramolecular Hbond substituents is 2. The molecule has 1 atom stereocenters.